The van der Waals surface area contributed by atoms with Crippen LogP contribution in [-0.4, -0.2) is 39.1 Å². The van der Waals surface area contributed by atoms with Crippen LogP contribution in [0.2, 0.25) is 0 Å². The number of carbonyl (C=O) groups is 2. The van der Waals surface area contributed by atoms with Crippen molar-refractivity contribution in [2.45, 2.75) is 32.7 Å². The number of fused-ring (bicyclic) bond motifs is 2. The van der Waals surface area contributed by atoms with Gasteiger partial charge >= 0.3 is 5.97 Å². The van der Waals surface area contributed by atoms with E-state index >= 15 is 0 Å². The van der Waals surface area contributed by atoms with Crippen LogP contribution in [0.15, 0.2) is 42.7 Å². The minimum absolute atomic E-state index is 0.0616. The Hall–Kier alpha value is -3.22. The molecule has 2 aromatic heterocycles. The Morgan fingerprint density at radius 3 is 2.93 bits per heavy atom. The van der Waals surface area contributed by atoms with E-state index < -0.39 is 5.97 Å². The molecule has 0 spiro atoms. The van der Waals surface area contributed by atoms with Crippen LogP contribution in [0.3, 0.4) is 0 Å². The molecular formula is C20H20N4O3. The van der Waals surface area contributed by atoms with Crippen molar-refractivity contribution < 1.29 is 14.3 Å². The van der Waals surface area contributed by atoms with E-state index in [0.717, 1.165) is 24.1 Å². The number of nitrogens with zero attached hydrogens (tertiary/aromatic N) is 4. The predicted molar refractivity (Wildman–Crippen MR) is 99.7 cm³/mol. The fourth-order valence-corrected chi connectivity index (χ4v) is 3.57. The Labute approximate surface area is 156 Å². The van der Waals surface area contributed by atoms with Gasteiger partial charge in [0.15, 0.2) is 12.3 Å². The second-order valence-corrected chi connectivity index (χ2v) is 6.70. The number of hydrogen-bond donors (Lipinski definition) is 0. The highest BCUT2D eigenvalue weighted by molar-refractivity contribution is 6.00. The summed E-state index contributed by atoms with van der Waals surface area (Å²) in [6, 6.07) is 9.64. The van der Waals surface area contributed by atoms with Gasteiger partial charge in [-0.2, -0.15) is 5.10 Å². The minimum Gasteiger partial charge on any atom is -0.452 e. The van der Waals surface area contributed by atoms with Crippen LogP contribution < -0.4 is 4.90 Å². The van der Waals surface area contributed by atoms with Crippen LogP contribution in [-0.2, 0) is 16.0 Å². The Kier molecular flexibility index (Phi) is 4.35. The number of aryl methyl sites for hydroxylation is 2. The number of rotatable bonds is 3. The van der Waals surface area contributed by atoms with Gasteiger partial charge in [-0.05, 0) is 44.4 Å². The van der Waals surface area contributed by atoms with E-state index in [-0.39, 0.29) is 24.1 Å². The van der Waals surface area contributed by atoms with Crippen LogP contribution in [0, 0.1) is 6.92 Å². The summed E-state index contributed by atoms with van der Waals surface area (Å²) in [7, 11) is 0. The van der Waals surface area contributed by atoms with E-state index in [9.17, 15) is 9.59 Å². The molecular weight excluding hydrogens is 344 g/mol. The molecule has 138 valence electrons. The number of para-hydroxylation sites is 1. The Balaban J connectivity index is 1.52. The number of ether oxygens (including phenoxy) is 1. The molecule has 1 unspecified atom stereocenters. The van der Waals surface area contributed by atoms with E-state index in [0.29, 0.717) is 11.3 Å². The number of hydrogen-bond acceptors (Lipinski definition) is 5. The van der Waals surface area contributed by atoms with E-state index in [1.54, 1.807) is 30.3 Å². The molecule has 1 aliphatic heterocycles. The third-order valence-corrected chi connectivity index (χ3v) is 4.89. The van der Waals surface area contributed by atoms with E-state index in [1.165, 1.54) is 4.52 Å². The number of carbonyl (C=O) groups excluding carboxylic acids is 2. The molecule has 0 saturated carbocycles. The molecule has 0 saturated heterocycles. The molecule has 1 aliphatic rings. The van der Waals surface area contributed by atoms with Crippen molar-refractivity contribution in [3.05, 3.63) is 59.5 Å². The van der Waals surface area contributed by atoms with Crippen LogP contribution in [0.25, 0.3) is 5.65 Å². The van der Waals surface area contributed by atoms with Crippen molar-refractivity contribution in [1.29, 1.82) is 0 Å². The highest BCUT2D eigenvalue weighted by Crippen LogP contribution is 2.30. The summed E-state index contributed by atoms with van der Waals surface area (Å²) in [6.07, 6.45) is 5.12. The highest BCUT2D eigenvalue weighted by Gasteiger charge is 2.29. The zero-order valence-electron chi connectivity index (χ0n) is 15.3. The molecule has 7 heteroatoms. The predicted octanol–water partition coefficient (Wildman–Crippen LogP) is 2.56. The van der Waals surface area contributed by atoms with E-state index in [1.807, 2.05) is 31.2 Å². The Morgan fingerprint density at radius 2 is 2.07 bits per heavy atom. The quantitative estimate of drug-likeness (QED) is 0.668. The van der Waals surface area contributed by atoms with Crippen LogP contribution in [0.1, 0.15) is 35.0 Å². The third-order valence-electron chi connectivity index (χ3n) is 4.89. The van der Waals surface area contributed by atoms with E-state index in [4.69, 9.17) is 4.74 Å². The molecule has 0 fully saturated rings. The summed E-state index contributed by atoms with van der Waals surface area (Å²) in [6.45, 7) is 3.41. The van der Waals surface area contributed by atoms with Crippen LogP contribution in [0.4, 0.5) is 5.69 Å². The first-order chi connectivity index (χ1) is 13.1. The molecule has 1 aromatic carbocycles. The van der Waals surface area contributed by atoms with Gasteiger partial charge in [0.2, 0.25) is 0 Å². The molecule has 0 radical (unpaired) electrons. The standard InChI is InChI=1S/C20H20N4O3/c1-13-8-9-15-6-3-4-7-16(15)24(13)17(25)12-27-20(26)18-14(2)22-23-11-5-10-21-19(18)23/h3-7,10-11,13H,8-9,12H2,1-2H3. The summed E-state index contributed by atoms with van der Waals surface area (Å²) in [4.78, 5) is 31.3. The summed E-state index contributed by atoms with van der Waals surface area (Å²) in [5, 5.41) is 4.25. The molecule has 4 rings (SSSR count). The zero-order valence-corrected chi connectivity index (χ0v) is 15.3. The summed E-state index contributed by atoms with van der Waals surface area (Å²) < 4.78 is 6.85. The molecule has 27 heavy (non-hydrogen) atoms. The lowest BCUT2D eigenvalue weighted by atomic mass is 9.96. The van der Waals surface area contributed by atoms with Crippen LogP contribution >= 0.6 is 0 Å². The van der Waals surface area contributed by atoms with Gasteiger partial charge in [0, 0.05) is 24.1 Å². The molecule has 1 atom stereocenters. The van der Waals surface area contributed by atoms with Crippen molar-refractivity contribution in [3.63, 3.8) is 0 Å². The number of anilines is 1. The first-order valence-electron chi connectivity index (χ1n) is 8.93. The Bertz CT molecular complexity index is 1030. The van der Waals surface area contributed by atoms with Gasteiger partial charge in [-0.15, -0.1) is 0 Å². The van der Waals surface area contributed by atoms with Crippen molar-refractivity contribution in [1.82, 2.24) is 14.6 Å². The van der Waals surface area contributed by atoms with Crippen molar-refractivity contribution in [2.75, 3.05) is 11.5 Å². The molecule has 0 aliphatic carbocycles. The van der Waals surface area contributed by atoms with Gasteiger partial charge in [-0.1, -0.05) is 18.2 Å². The smallest absolute Gasteiger partial charge is 0.344 e. The number of esters is 1. The minimum atomic E-state index is -0.590. The highest BCUT2D eigenvalue weighted by atomic mass is 16.5. The zero-order chi connectivity index (χ0) is 19.0. The molecule has 3 heterocycles. The lowest BCUT2D eigenvalue weighted by molar-refractivity contribution is -0.122. The normalized spacial score (nSPS) is 16.2. The third kappa shape index (κ3) is 3.05. The maximum Gasteiger partial charge on any atom is 0.344 e. The maximum absolute atomic E-state index is 12.8. The van der Waals surface area contributed by atoms with E-state index in [2.05, 4.69) is 10.1 Å². The van der Waals surface area contributed by atoms with Gasteiger partial charge in [-0.3, -0.25) is 4.79 Å². The van der Waals surface area contributed by atoms with Crippen molar-refractivity contribution in [2.24, 2.45) is 0 Å². The average Bonchev–Trinajstić information content (AvgIpc) is 3.01. The average molecular weight is 364 g/mol. The largest absolute Gasteiger partial charge is 0.452 e. The van der Waals surface area contributed by atoms with Gasteiger partial charge in [0.05, 0.1) is 5.69 Å². The summed E-state index contributed by atoms with van der Waals surface area (Å²) >= 11 is 0. The Morgan fingerprint density at radius 1 is 1.26 bits per heavy atom. The van der Waals surface area contributed by atoms with Gasteiger partial charge < -0.3 is 9.64 Å². The second kappa shape index (κ2) is 6.83. The van der Waals surface area contributed by atoms with Gasteiger partial charge in [0.1, 0.15) is 5.56 Å². The van der Waals surface area contributed by atoms with Gasteiger partial charge in [0.25, 0.3) is 5.91 Å². The number of benzene rings is 1. The van der Waals surface area contributed by atoms with Crippen molar-refractivity contribution >= 4 is 23.2 Å². The van der Waals surface area contributed by atoms with Crippen LogP contribution in [0.5, 0.6) is 0 Å². The molecule has 3 aromatic rings. The fourth-order valence-electron chi connectivity index (χ4n) is 3.57. The molecule has 7 nitrogen and oxygen atoms in total. The monoisotopic (exact) mass is 364 g/mol. The fraction of sp³-hybridized carbons (Fsp3) is 0.300. The lowest BCUT2D eigenvalue weighted by Gasteiger charge is -2.35. The van der Waals surface area contributed by atoms with Gasteiger partial charge in [-0.25, -0.2) is 14.3 Å². The topological polar surface area (TPSA) is 76.8 Å². The summed E-state index contributed by atoms with van der Waals surface area (Å²) in [5.74, 6) is -0.822. The molecule has 0 bridgehead atoms. The number of aromatic nitrogens is 3. The SMILES string of the molecule is Cc1nn2cccnc2c1C(=O)OCC(=O)N1c2ccccc2CCC1C. The maximum atomic E-state index is 12.8. The second-order valence-electron chi connectivity index (χ2n) is 6.70. The first kappa shape index (κ1) is 17.2. The first-order valence-corrected chi connectivity index (χ1v) is 8.93. The van der Waals surface area contributed by atoms with Crippen molar-refractivity contribution in [3.8, 4) is 0 Å². The lowest BCUT2D eigenvalue weighted by Crippen LogP contribution is -2.44. The number of amides is 1. The molecule has 1 amide bonds. The molecule has 0 N–H and O–H groups in total. The summed E-state index contributed by atoms with van der Waals surface area (Å²) in [5.41, 5.74) is 3.26.